The van der Waals surface area contributed by atoms with Gasteiger partial charge >= 0.3 is 5.97 Å². The van der Waals surface area contributed by atoms with Crippen molar-refractivity contribution in [3.63, 3.8) is 0 Å². The zero-order chi connectivity index (χ0) is 22.8. The molecule has 2 N–H and O–H groups in total. The predicted octanol–water partition coefficient (Wildman–Crippen LogP) is 2.32. The molecule has 9 nitrogen and oxygen atoms in total. The average molecular weight is 444 g/mol. The zero-order valence-corrected chi connectivity index (χ0v) is 17.9. The lowest BCUT2D eigenvalue weighted by Gasteiger charge is -2.26. The molecule has 2 heterocycles. The van der Waals surface area contributed by atoms with E-state index in [1.165, 1.54) is 6.07 Å². The number of carbonyl (C=O) groups is 2. The van der Waals surface area contributed by atoms with E-state index in [0.717, 1.165) is 18.9 Å². The van der Waals surface area contributed by atoms with Crippen LogP contribution in [-0.2, 0) is 25.5 Å². The van der Waals surface area contributed by atoms with E-state index in [1.54, 1.807) is 11.0 Å². The third-order valence-electron chi connectivity index (χ3n) is 4.99. The minimum atomic E-state index is -0.685. The van der Waals surface area contributed by atoms with Crippen LogP contribution in [0.2, 0.25) is 0 Å². The van der Waals surface area contributed by atoms with Gasteiger partial charge in [-0.3, -0.25) is 4.79 Å². The van der Waals surface area contributed by atoms with Gasteiger partial charge in [0.1, 0.15) is 17.1 Å². The summed E-state index contributed by atoms with van der Waals surface area (Å²) < 4.78 is 10.5. The Hall–Kier alpha value is -3.33. The molecule has 1 fully saturated rings. The number of oxime groups is 1. The minimum absolute atomic E-state index is 0.0330. The van der Waals surface area contributed by atoms with E-state index < -0.39 is 5.97 Å². The van der Waals surface area contributed by atoms with Gasteiger partial charge in [-0.2, -0.15) is 0 Å². The first-order chi connectivity index (χ1) is 15.5. The van der Waals surface area contributed by atoms with Crippen LogP contribution in [0.25, 0.3) is 0 Å². The van der Waals surface area contributed by atoms with Crippen LogP contribution in [0.4, 0.5) is 0 Å². The lowest BCUT2D eigenvalue weighted by Crippen LogP contribution is -2.42. The Bertz CT molecular complexity index is 902. The smallest absolute Gasteiger partial charge is 0.342 e. The second-order valence-corrected chi connectivity index (χ2v) is 7.40. The summed E-state index contributed by atoms with van der Waals surface area (Å²) in [5, 5.41) is 24.3. The van der Waals surface area contributed by atoms with E-state index in [-0.39, 0.29) is 42.6 Å². The number of morpholine rings is 1. The molecule has 0 bridgehead atoms. The van der Waals surface area contributed by atoms with Gasteiger partial charge in [0.25, 0.3) is 5.91 Å². The second-order valence-electron chi connectivity index (χ2n) is 7.40. The maximum atomic E-state index is 12.6. The Morgan fingerprint density at radius 3 is 2.62 bits per heavy atom. The molecule has 2 aliphatic rings. The molecule has 0 aliphatic carbocycles. The number of aromatic hydroxyl groups is 2. The lowest BCUT2D eigenvalue weighted by molar-refractivity contribution is -0.140. The number of phenols is 2. The van der Waals surface area contributed by atoms with Crippen molar-refractivity contribution in [3.05, 3.63) is 47.6 Å². The number of rotatable bonds is 3. The van der Waals surface area contributed by atoms with Crippen LogP contribution >= 0.6 is 0 Å². The number of amides is 1. The van der Waals surface area contributed by atoms with Gasteiger partial charge in [-0.05, 0) is 37.0 Å². The first-order valence-corrected chi connectivity index (χ1v) is 10.6. The van der Waals surface area contributed by atoms with Crippen LogP contribution in [0.15, 0.2) is 41.6 Å². The van der Waals surface area contributed by atoms with Crippen LogP contribution in [0.3, 0.4) is 0 Å². The first-order valence-electron chi connectivity index (χ1n) is 10.6. The normalized spacial score (nSPS) is 21.2. The molecule has 0 atom stereocenters. The summed E-state index contributed by atoms with van der Waals surface area (Å²) in [4.78, 5) is 31.8. The van der Waals surface area contributed by atoms with Gasteiger partial charge in [0.05, 0.1) is 25.5 Å². The van der Waals surface area contributed by atoms with Crippen LogP contribution in [0.5, 0.6) is 11.5 Å². The molecular formula is C23H28N2O7. The van der Waals surface area contributed by atoms with Gasteiger partial charge in [0, 0.05) is 25.6 Å². The largest absolute Gasteiger partial charge is 0.508 e. The van der Waals surface area contributed by atoms with Crippen molar-refractivity contribution in [3.8, 4) is 11.5 Å². The van der Waals surface area contributed by atoms with Gasteiger partial charge in [-0.15, -0.1) is 0 Å². The monoisotopic (exact) mass is 444 g/mol. The molecule has 0 radical (unpaired) electrons. The minimum Gasteiger partial charge on any atom is -0.508 e. The molecule has 1 saturated heterocycles. The topological polar surface area (TPSA) is 118 Å². The van der Waals surface area contributed by atoms with E-state index in [2.05, 4.69) is 5.16 Å². The number of ether oxygens (including phenoxy) is 2. The van der Waals surface area contributed by atoms with E-state index in [9.17, 15) is 19.8 Å². The standard InChI is InChI=1S/C23H28N2O7/c26-19-14-17-13-18(24-32-16-21(28)25-8-11-30-12-9-25)7-5-3-1-2-4-6-10-31-23(29)22(17)20(27)15-19/h2,4-5,7,14-15,26-27H,1,3,6,8-13,16H2/b4-2+,7-5+,24-18?. The van der Waals surface area contributed by atoms with Gasteiger partial charge in [0.15, 0.2) is 6.61 Å². The fraction of sp³-hybridized carbons (Fsp3) is 0.435. The Kier molecular flexibility index (Phi) is 8.68. The maximum Gasteiger partial charge on any atom is 0.342 e. The molecule has 32 heavy (non-hydrogen) atoms. The molecule has 1 amide bonds. The summed E-state index contributed by atoms with van der Waals surface area (Å²) in [6.45, 7) is 1.98. The van der Waals surface area contributed by atoms with E-state index in [0.29, 0.717) is 44.0 Å². The third-order valence-corrected chi connectivity index (χ3v) is 4.99. The molecule has 172 valence electrons. The molecule has 0 aromatic heterocycles. The molecule has 1 aromatic carbocycles. The summed E-state index contributed by atoms with van der Waals surface area (Å²) in [7, 11) is 0. The van der Waals surface area contributed by atoms with Crippen molar-refractivity contribution in [1.82, 2.24) is 4.90 Å². The van der Waals surface area contributed by atoms with Crippen molar-refractivity contribution >= 4 is 17.6 Å². The maximum absolute atomic E-state index is 12.6. The van der Waals surface area contributed by atoms with Crippen molar-refractivity contribution in [2.45, 2.75) is 25.7 Å². The van der Waals surface area contributed by atoms with Gasteiger partial charge < -0.3 is 29.4 Å². The number of fused-ring (bicyclic) bond motifs is 1. The van der Waals surface area contributed by atoms with Crippen LogP contribution in [0.1, 0.15) is 35.2 Å². The number of carbonyl (C=O) groups excluding carboxylic acids is 2. The van der Waals surface area contributed by atoms with Crippen molar-refractivity contribution in [2.24, 2.45) is 5.16 Å². The summed E-state index contributed by atoms with van der Waals surface area (Å²) in [6, 6.07) is 2.47. The highest BCUT2D eigenvalue weighted by atomic mass is 16.6. The van der Waals surface area contributed by atoms with E-state index >= 15 is 0 Å². The molecule has 2 aliphatic heterocycles. The van der Waals surface area contributed by atoms with E-state index in [4.69, 9.17) is 14.3 Å². The summed E-state index contributed by atoms with van der Waals surface area (Å²) in [6.07, 6.45) is 9.83. The molecule has 0 saturated carbocycles. The number of hydrogen-bond donors (Lipinski definition) is 2. The van der Waals surface area contributed by atoms with Gasteiger partial charge in [0.2, 0.25) is 0 Å². The van der Waals surface area contributed by atoms with Crippen LogP contribution in [0, 0.1) is 0 Å². The Morgan fingerprint density at radius 2 is 1.81 bits per heavy atom. The van der Waals surface area contributed by atoms with Gasteiger partial charge in [-0.25, -0.2) is 4.79 Å². The number of benzene rings is 1. The van der Waals surface area contributed by atoms with Gasteiger partial charge in [-0.1, -0.05) is 23.4 Å². The predicted molar refractivity (Wildman–Crippen MR) is 117 cm³/mol. The van der Waals surface area contributed by atoms with Crippen LogP contribution in [-0.4, -0.2) is 72.2 Å². The fourth-order valence-corrected chi connectivity index (χ4v) is 3.37. The molecule has 0 unspecified atom stereocenters. The quantitative estimate of drug-likeness (QED) is 0.417. The Labute approximate surface area is 186 Å². The van der Waals surface area contributed by atoms with Crippen molar-refractivity contribution in [1.29, 1.82) is 0 Å². The molecular weight excluding hydrogens is 416 g/mol. The number of esters is 1. The Balaban J connectivity index is 1.80. The number of nitrogens with zero attached hydrogens (tertiary/aromatic N) is 2. The van der Waals surface area contributed by atoms with Crippen molar-refractivity contribution < 1.29 is 34.1 Å². The summed E-state index contributed by atoms with van der Waals surface area (Å²) >= 11 is 0. The molecule has 3 rings (SSSR count). The van der Waals surface area contributed by atoms with Crippen LogP contribution < -0.4 is 0 Å². The Morgan fingerprint density at radius 1 is 1.06 bits per heavy atom. The first kappa shape index (κ1) is 23.3. The SMILES string of the molecule is O=C1OCC/C=C/CC/C=C/C(=NOCC(=O)N2CCOCC2)Cc2cc(O)cc(O)c21. The molecule has 9 heteroatoms. The second kappa shape index (κ2) is 11.9. The fourth-order valence-electron chi connectivity index (χ4n) is 3.37. The summed E-state index contributed by atoms with van der Waals surface area (Å²) in [5.41, 5.74) is 0.737. The third kappa shape index (κ3) is 6.84. The highest BCUT2D eigenvalue weighted by molar-refractivity contribution is 6.00. The molecule has 0 spiro atoms. The number of phenolic OH excluding ortho intramolecular Hbond substituents is 2. The van der Waals surface area contributed by atoms with E-state index in [1.807, 2.05) is 18.2 Å². The number of hydrogen-bond acceptors (Lipinski definition) is 8. The van der Waals surface area contributed by atoms with Crippen molar-refractivity contribution in [2.75, 3.05) is 39.5 Å². The molecule has 1 aromatic rings. The number of allylic oxidation sites excluding steroid dienone is 3. The zero-order valence-electron chi connectivity index (χ0n) is 17.9. The highest BCUT2D eigenvalue weighted by Gasteiger charge is 2.21. The average Bonchev–Trinajstić information content (AvgIpc) is 2.77. The summed E-state index contributed by atoms with van der Waals surface area (Å²) in [5.74, 6) is -1.44. The number of cyclic esters (lactones) is 1. The highest BCUT2D eigenvalue weighted by Crippen LogP contribution is 2.29. The lowest BCUT2D eigenvalue weighted by atomic mass is 10.00.